The smallest absolute Gasteiger partial charge is 0.122 e. The summed E-state index contributed by atoms with van der Waals surface area (Å²) in [5.74, 6) is 1.90. The van der Waals surface area contributed by atoms with Crippen molar-refractivity contribution in [2.75, 3.05) is 13.7 Å². The maximum Gasteiger partial charge on any atom is 0.122 e. The molecule has 2 aliphatic rings. The minimum absolute atomic E-state index is 0.510. The molecule has 1 unspecified atom stereocenters. The summed E-state index contributed by atoms with van der Waals surface area (Å²) in [5, 5.41) is 3.60. The summed E-state index contributed by atoms with van der Waals surface area (Å²) < 4.78 is 5.75. The van der Waals surface area contributed by atoms with Crippen molar-refractivity contribution in [1.82, 2.24) is 5.32 Å². The summed E-state index contributed by atoms with van der Waals surface area (Å²) in [7, 11) is 2.12. The average molecular weight is 287 g/mol. The number of benzene rings is 1. The molecule has 1 aliphatic heterocycles. The van der Waals surface area contributed by atoms with Crippen LogP contribution in [0.1, 0.15) is 68.5 Å². The molecule has 0 spiro atoms. The zero-order valence-corrected chi connectivity index (χ0v) is 13.4. The van der Waals surface area contributed by atoms with Crippen molar-refractivity contribution in [3.8, 4) is 5.75 Å². The lowest BCUT2D eigenvalue weighted by atomic mass is 9.82. The Labute approximate surface area is 129 Å². The Kier molecular flexibility index (Phi) is 5.18. The molecule has 0 bridgehead atoms. The van der Waals surface area contributed by atoms with Crippen LogP contribution in [0.2, 0.25) is 0 Å². The van der Waals surface area contributed by atoms with Gasteiger partial charge in [-0.05, 0) is 55.8 Å². The molecule has 1 N–H and O–H groups in total. The number of nitrogens with one attached hydrogen (secondary N) is 1. The third-order valence-electron chi connectivity index (χ3n) is 5.22. The monoisotopic (exact) mass is 287 g/mol. The van der Waals surface area contributed by atoms with E-state index in [-0.39, 0.29) is 0 Å². The first kappa shape index (κ1) is 14.9. The summed E-state index contributed by atoms with van der Waals surface area (Å²) in [4.78, 5) is 0. The van der Waals surface area contributed by atoms with Crippen LogP contribution in [0.3, 0.4) is 0 Å². The molecule has 1 aliphatic carbocycles. The second kappa shape index (κ2) is 7.31. The van der Waals surface area contributed by atoms with Crippen LogP contribution < -0.4 is 10.1 Å². The van der Waals surface area contributed by atoms with Crippen molar-refractivity contribution in [3.63, 3.8) is 0 Å². The normalized spacial score (nSPS) is 21.8. The van der Waals surface area contributed by atoms with E-state index in [0.717, 1.165) is 24.7 Å². The van der Waals surface area contributed by atoms with Crippen LogP contribution in [0, 0.1) is 5.92 Å². The Morgan fingerprint density at radius 1 is 1.05 bits per heavy atom. The fraction of sp³-hybridized carbons (Fsp3) is 0.684. The molecule has 1 fully saturated rings. The molecule has 0 radical (unpaired) electrons. The van der Waals surface area contributed by atoms with Gasteiger partial charge in [0.2, 0.25) is 0 Å². The third kappa shape index (κ3) is 3.60. The van der Waals surface area contributed by atoms with E-state index in [1.165, 1.54) is 62.5 Å². The van der Waals surface area contributed by atoms with Crippen molar-refractivity contribution >= 4 is 0 Å². The lowest BCUT2D eigenvalue weighted by molar-refractivity contribution is 0.285. The Balaban J connectivity index is 1.78. The minimum Gasteiger partial charge on any atom is -0.493 e. The number of hydrogen-bond acceptors (Lipinski definition) is 2. The van der Waals surface area contributed by atoms with E-state index < -0.39 is 0 Å². The van der Waals surface area contributed by atoms with Crippen LogP contribution in [-0.4, -0.2) is 13.7 Å². The van der Waals surface area contributed by atoms with Gasteiger partial charge in [0.15, 0.2) is 0 Å². The molecule has 2 heteroatoms. The number of rotatable bonds is 3. The van der Waals surface area contributed by atoms with Crippen LogP contribution in [0.4, 0.5) is 0 Å². The molecule has 1 aromatic rings. The van der Waals surface area contributed by atoms with Gasteiger partial charge < -0.3 is 10.1 Å². The van der Waals surface area contributed by atoms with Gasteiger partial charge in [-0.2, -0.15) is 0 Å². The minimum atomic E-state index is 0.510. The highest BCUT2D eigenvalue weighted by atomic mass is 16.5. The fourth-order valence-corrected chi connectivity index (χ4v) is 4.07. The predicted octanol–water partition coefficient (Wildman–Crippen LogP) is 4.63. The molecule has 3 rings (SSSR count). The van der Waals surface area contributed by atoms with Gasteiger partial charge in [-0.3, -0.25) is 0 Å². The third-order valence-corrected chi connectivity index (χ3v) is 5.22. The molecule has 116 valence electrons. The lowest BCUT2D eigenvalue weighted by Gasteiger charge is -2.30. The molecular formula is C19H29NO. The summed E-state index contributed by atoms with van der Waals surface area (Å²) >= 11 is 0. The van der Waals surface area contributed by atoms with Crippen molar-refractivity contribution in [1.29, 1.82) is 0 Å². The van der Waals surface area contributed by atoms with Crippen molar-refractivity contribution in [2.45, 2.75) is 63.8 Å². The van der Waals surface area contributed by atoms with E-state index >= 15 is 0 Å². The van der Waals surface area contributed by atoms with Crippen LogP contribution in [0.25, 0.3) is 0 Å². The molecule has 21 heavy (non-hydrogen) atoms. The van der Waals surface area contributed by atoms with E-state index in [9.17, 15) is 0 Å². The van der Waals surface area contributed by atoms with Crippen LogP contribution in [0.5, 0.6) is 5.75 Å². The van der Waals surface area contributed by atoms with E-state index in [4.69, 9.17) is 4.74 Å². The molecular weight excluding hydrogens is 258 g/mol. The highest BCUT2D eigenvalue weighted by Crippen LogP contribution is 2.35. The van der Waals surface area contributed by atoms with E-state index in [1.54, 1.807) is 0 Å². The summed E-state index contributed by atoms with van der Waals surface area (Å²) in [6.45, 7) is 0.879. The van der Waals surface area contributed by atoms with Gasteiger partial charge in [0.25, 0.3) is 0 Å². The van der Waals surface area contributed by atoms with Gasteiger partial charge in [0.05, 0.1) is 6.61 Å². The highest BCUT2D eigenvalue weighted by Gasteiger charge is 2.23. The molecule has 0 amide bonds. The van der Waals surface area contributed by atoms with Crippen molar-refractivity contribution in [3.05, 3.63) is 29.3 Å². The first-order valence-corrected chi connectivity index (χ1v) is 8.81. The predicted molar refractivity (Wildman–Crippen MR) is 87.9 cm³/mol. The summed E-state index contributed by atoms with van der Waals surface area (Å²) in [6.07, 6.45) is 12.2. The molecule has 2 nitrogen and oxygen atoms in total. The second-order valence-corrected chi connectivity index (χ2v) is 6.69. The largest absolute Gasteiger partial charge is 0.493 e. The maximum atomic E-state index is 5.75. The van der Waals surface area contributed by atoms with Gasteiger partial charge in [-0.15, -0.1) is 0 Å². The molecule has 0 aromatic heterocycles. The van der Waals surface area contributed by atoms with Gasteiger partial charge in [0.1, 0.15) is 5.75 Å². The Morgan fingerprint density at radius 2 is 1.81 bits per heavy atom. The van der Waals surface area contributed by atoms with E-state index in [0.29, 0.717) is 6.04 Å². The number of hydrogen-bond donors (Lipinski definition) is 1. The molecule has 1 atom stereocenters. The average Bonchev–Trinajstić information content (AvgIpc) is 2.49. The Morgan fingerprint density at radius 3 is 2.57 bits per heavy atom. The van der Waals surface area contributed by atoms with Crippen molar-refractivity contribution in [2.24, 2.45) is 5.92 Å². The standard InChI is InChI=1S/C19H29NO/c1-20-19(15-8-5-3-2-4-6-9-15)17-11-12-18-16(14-17)10-7-13-21-18/h11-12,14-15,19-20H,2-10,13H2,1H3. The molecule has 1 saturated carbocycles. The summed E-state index contributed by atoms with van der Waals surface area (Å²) in [5.41, 5.74) is 2.87. The van der Waals surface area contributed by atoms with E-state index in [1.807, 2.05) is 0 Å². The number of ether oxygens (including phenoxy) is 1. The fourth-order valence-electron chi connectivity index (χ4n) is 4.07. The first-order valence-electron chi connectivity index (χ1n) is 8.81. The number of aryl methyl sites for hydroxylation is 1. The first-order chi connectivity index (χ1) is 10.4. The highest BCUT2D eigenvalue weighted by molar-refractivity contribution is 5.39. The van der Waals surface area contributed by atoms with Gasteiger partial charge >= 0.3 is 0 Å². The lowest BCUT2D eigenvalue weighted by Crippen LogP contribution is -2.26. The van der Waals surface area contributed by atoms with Gasteiger partial charge in [-0.25, -0.2) is 0 Å². The quantitative estimate of drug-likeness (QED) is 0.875. The Bertz CT molecular complexity index is 449. The zero-order valence-electron chi connectivity index (χ0n) is 13.4. The van der Waals surface area contributed by atoms with Gasteiger partial charge in [0, 0.05) is 6.04 Å². The molecule has 1 heterocycles. The Hall–Kier alpha value is -1.02. The van der Waals surface area contributed by atoms with Crippen molar-refractivity contribution < 1.29 is 4.74 Å². The second-order valence-electron chi connectivity index (χ2n) is 6.69. The molecule has 0 saturated heterocycles. The van der Waals surface area contributed by atoms with Crippen LogP contribution in [-0.2, 0) is 6.42 Å². The molecule has 1 aromatic carbocycles. The van der Waals surface area contributed by atoms with Gasteiger partial charge in [-0.1, -0.05) is 44.2 Å². The summed E-state index contributed by atoms with van der Waals surface area (Å²) in [6, 6.07) is 7.38. The van der Waals surface area contributed by atoms with Crippen LogP contribution in [0.15, 0.2) is 18.2 Å². The topological polar surface area (TPSA) is 21.3 Å². The number of fused-ring (bicyclic) bond motifs is 1. The SMILES string of the molecule is CNC(c1ccc2c(c1)CCCO2)C1CCCCCCC1. The zero-order chi connectivity index (χ0) is 14.5. The van der Waals surface area contributed by atoms with Crippen LogP contribution >= 0.6 is 0 Å². The maximum absolute atomic E-state index is 5.75. The van der Waals surface area contributed by atoms with E-state index in [2.05, 4.69) is 30.6 Å².